The summed E-state index contributed by atoms with van der Waals surface area (Å²) in [6, 6.07) is 13.4. The predicted octanol–water partition coefficient (Wildman–Crippen LogP) is 6.14. The maximum absolute atomic E-state index is 12.9. The molecule has 0 aliphatic rings. The minimum Gasteiger partial charge on any atom is -0.435 e. The number of nitrogens with zero attached hydrogens (tertiary/aromatic N) is 3. The monoisotopic (exact) mass is 446 g/mol. The second-order valence-electron chi connectivity index (χ2n) is 6.81. The molecule has 0 saturated carbocycles. The molecular weight excluding hydrogens is 431 g/mol. The van der Waals surface area contributed by atoms with Gasteiger partial charge in [0.25, 0.3) is 0 Å². The number of ether oxygens (including phenoxy) is 1. The molecule has 10 heteroatoms. The summed E-state index contributed by atoms with van der Waals surface area (Å²) in [6.45, 7) is -2.99. The quantitative estimate of drug-likeness (QED) is 0.361. The molecule has 4 rings (SSSR count). The highest BCUT2D eigenvalue weighted by molar-refractivity contribution is 5.92. The van der Waals surface area contributed by atoms with Crippen molar-refractivity contribution < 1.29 is 26.7 Å². The van der Waals surface area contributed by atoms with Crippen LogP contribution in [0.2, 0.25) is 0 Å². The molecule has 164 valence electrons. The molecule has 0 unspecified atom stereocenters. The number of alkyl halides is 5. The van der Waals surface area contributed by atoms with E-state index in [0.717, 1.165) is 0 Å². The van der Waals surface area contributed by atoms with Gasteiger partial charge in [-0.2, -0.15) is 22.0 Å². The first kappa shape index (κ1) is 21.4. The third kappa shape index (κ3) is 5.26. The number of rotatable bonds is 6. The lowest BCUT2D eigenvalue weighted by molar-refractivity contribution is -0.127. The maximum Gasteiger partial charge on any atom is 0.393 e. The lowest BCUT2D eigenvalue weighted by Gasteiger charge is -2.14. The van der Waals surface area contributed by atoms with Crippen molar-refractivity contribution in [2.75, 3.05) is 5.32 Å². The van der Waals surface area contributed by atoms with Crippen LogP contribution in [0.4, 0.5) is 33.5 Å². The van der Waals surface area contributed by atoms with E-state index < -0.39 is 19.2 Å². The van der Waals surface area contributed by atoms with Gasteiger partial charge in [-0.25, -0.2) is 9.97 Å². The smallest absolute Gasteiger partial charge is 0.393 e. The Morgan fingerprint density at radius 3 is 2.53 bits per heavy atom. The third-order valence-corrected chi connectivity index (χ3v) is 4.41. The summed E-state index contributed by atoms with van der Waals surface area (Å²) >= 11 is 0. The van der Waals surface area contributed by atoms with Gasteiger partial charge in [-0.15, -0.1) is 0 Å². The lowest BCUT2D eigenvalue weighted by Crippen LogP contribution is -2.11. The van der Waals surface area contributed by atoms with E-state index in [4.69, 9.17) is 0 Å². The largest absolute Gasteiger partial charge is 0.435 e. The zero-order valence-corrected chi connectivity index (χ0v) is 16.3. The Hall–Kier alpha value is -3.82. The van der Waals surface area contributed by atoms with Crippen LogP contribution in [0.15, 0.2) is 67.0 Å². The summed E-state index contributed by atoms with van der Waals surface area (Å²) in [7, 11) is 0. The Labute approximate surface area is 178 Å². The van der Waals surface area contributed by atoms with Crippen LogP contribution in [-0.2, 0) is 6.42 Å². The van der Waals surface area contributed by atoms with Gasteiger partial charge < -0.3 is 10.1 Å². The number of anilines is 2. The van der Waals surface area contributed by atoms with Gasteiger partial charge in [0.2, 0.25) is 0 Å². The van der Waals surface area contributed by atoms with Crippen molar-refractivity contribution in [2.24, 2.45) is 0 Å². The van der Waals surface area contributed by atoms with E-state index in [-0.39, 0.29) is 17.1 Å². The van der Waals surface area contributed by atoms with Crippen LogP contribution in [0.3, 0.4) is 0 Å². The number of halogens is 5. The van der Waals surface area contributed by atoms with E-state index in [0.29, 0.717) is 28.0 Å². The van der Waals surface area contributed by atoms with E-state index >= 15 is 0 Å². The first-order chi connectivity index (χ1) is 15.3. The predicted molar refractivity (Wildman–Crippen MR) is 109 cm³/mol. The first-order valence-electron chi connectivity index (χ1n) is 9.36. The van der Waals surface area contributed by atoms with E-state index in [2.05, 4.69) is 25.0 Å². The topological polar surface area (TPSA) is 59.9 Å². The first-order valence-corrected chi connectivity index (χ1v) is 9.36. The van der Waals surface area contributed by atoms with Crippen molar-refractivity contribution in [3.05, 3.63) is 72.6 Å². The molecule has 0 amide bonds. The average Bonchev–Trinajstić information content (AvgIpc) is 2.73. The van der Waals surface area contributed by atoms with Gasteiger partial charge >= 0.3 is 12.8 Å². The number of pyridine rings is 1. The molecule has 5 nitrogen and oxygen atoms in total. The van der Waals surface area contributed by atoms with E-state index in [1.807, 2.05) is 0 Å². The summed E-state index contributed by atoms with van der Waals surface area (Å²) in [5, 5.41) is 3.33. The Kier molecular flexibility index (Phi) is 5.85. The molecule has 0 bridgehead atoms. The summed E-state index contributed by atoms with van der Waals surface area (Å²) < 4.78 is 68.2. The molecule has 1 N–H and O–H groups in total. The summed E-state index contributed by atoms with van der Waals surface area (Å²) in [5.74, 6) is 0.442. The van der Waals surface area contributed by atoms with Crippen molar-refractivity contribution >= 4 is 22.4 Å². The highest BCUT2D eigenvalue weighted by Gasteiger charge is 2.28. The molecule has 2 aromatic carbocycles. The summed E-state index contributed by atoms with van der Waals surface area (Å²) in [4.78, 5) is 12.9. The minimum absolute atomic E-state index is 0.0422. The molecule has 0 radical (unpaired) electrons. The zero-order chi connectivity index (χ0) is 22.7. The SMILES string of the molecule is FC(F)Oc1cccc(Nc2nc(-c3cccnc3)nc3ccc(CC(F)(F)F)cc23)c1. The van der Waals surface area contributed by atoms with Crippen molar-refractivity contribution in [1.29, 1.82) is 0 Å². The number of benzene rings is 2. The zero-order valence-electron chi connectivity index (χ0n) is 16.3. The highest BCUT2D eigenvalue weighted by Crippen LogP contribution is 2.31. The molecule has 0 aliphatic heterocycles. The second kappa shape index (κ2) is 8.74. The maximum atomic E-state index is 12.9. The number of fused-ring (bicyclic) bond motifs is 1. The normalized spacial score (nSPS) is 11.7. The Morgan fingerprint density at radius 1 is 0.969 bits per heavy atom. The molecule has 4 aromatic rings. The van der Waals surface area contributed by atoms with Crippen molar-refractivity contribution in [1.82, 2.24) is 15.0 Å². The van der Waals surface area contributed by atoms with E-state index in [9.17, 15) is 22.0 Å². The number of nitrogens with one attached hydrogen (secondary N) is 1. The van der Waals surface area contributed by atoms with Crippen molar-refractivity contribution in [2.45, 2.75) is 19.2 Å². The van der Waals surface area contributed by atoms with Gasteiger partial charge in [-0.1, -0.05) is 12.1 Å². The van der Waals surface area contributed by atoms with Gasteiger partial charge in [0, 0.05) is 35.1 Å². The van der Waals surface area contributed by atoms with Crippen LogP contribution in [-0.4, -0.2) is 27.7 Å². The van der Waals surface area contributed by atoms with E-state index in [1.54, 1.807) is 30.6 Å². The van der Waals surface area contributed by atoms with Crippen LogP contribution in [0, 0.1) is 0 Å². The molecule has 2 aromatic heterocycles. The fourth-order valence-electron chi connectivity index (χ4n) is 3.12. The fraction of sp³-hybridized carbons (Fsp3) is 0.136. The lowest BCUT2D eigenvalue weighted by atomic mass is 10.1. The van der Waals surface area contributed by atoms with Gasteiger partial charge in [0.15, 0.2) is 5.82 Å². The van der Waals surface area contributed by atoms with Gasteiger partial charge in [0.1, 0.15) is 11.6 Å². The minimum atomic E-state index is -4.38. The highest BCUT2D eigenvalue weighted by atomic mass is 19.4. The number of aromatic nitrogens is 3. The van der Waals surface area contributed by atoms with E-state index in [1.165, 1.54) is 36.4 Å². The summed E-state index contributed by atoms with van der Waals surface area (Å²) in [6.07, 6.45) is -2.34. The second-order valence-corrected chi connectivity index (χ2v) is 6.81. The molecule has 0 atom stereocenters. The van der Waals surface area contributed by atoms with Crippen LogP contribution in [0.1, 0.15) is 5.56 Å². The standard InChI is InChI=1S/C22H15F5N4O/c23-21(24)32-16-5-1-4-15(10-16)29-20-17-9-13(11-22(25,26)27)6-7-18(17)30-19(31-20)14-3-2-8-28-12-14/h1-10,12,21H,11H2,(H,29,30,31). The van der Waals surface area contributed by atoms with Gasteiger partial charge in [-0.3, -0.25) is 4.98 Å². The Bertz CT molecular complexity index is 1230. The Morgan fingerprint density at radius 2 is 1.81 bits per heavy atom. The van der Waals surface area contributed by atoms with Crippen LogP contribution < -0.4 is 10.1 Å². The molecule has 2 heterocycles. The van der Waals surface area contributed by atoms with Gasteiger partial charge in [0.05, 0.1) is 11.9 Å². The molecule has 0 saturated heterocycles. The van der Waals surface area contributed by atoms with Crippen LogP contribution >= 0.6 is 0 Å². The molecule has 0 aliphatic carbocycles. The molecule has 32 heavy (non-hydrogen) atoms. The summed E-state index contributed by atoms with van der Waals surface area (Å²) in [5.41, 5.74) is 1.42. The number of hydrogen-bond acceptors (Lipinski definition) is 5. The van der Waals surface area contributed by atoms with Crippen molar-refractivity contribution in [3.8, 4) is 17.1 Å². The molecule has 0 spiro atoms. The van der Waals surface area contributed by atoms with Crippen molar-refractivity contribution in [3.63, 3.8) is 0 Å². The molecular formula is C22H15F5N4O. The van der Waals surface area contributed by atoms with Gasteiger partial charge in [-0.05, 0) is 42.0 Å². The van der Waals surface area contributed by atoms with Crippen LogP contribution in [0.25, 0.3) is 22.3 Å². The average molecular weight is 446 g/mol. The number of hydrogen-bond donors (Lipinski definition) is 1. The molecule has 0 fully saturated rings. The fourth-order valence-corrected chi connectivity index (χ4v) is 3.12. The van der Waals surface area contributed by atoms with Crippen LogP contribution in [0.5, 0.6) is 5.75 Å². The third-order valence-electron chi connectivity index (χ3n) is 4.41. The Balaban J connectivity index is 1.80.